The molecule has 0 aromatic carbocycles. The molecule has 0 radical (unpaired) electrons. The van der Waals surface area contributed by atoms with Crippen LogP contribution >= 0.6 is 15.9 Å². The second-order valence-corrected chi connectivity index (χ2v) is 6.75. The SMILES string of the molecule is COC(=O)c1cnc(N2CCC3(CC2)CC(=O)C3)cc1Br. The van der Waals surface area contributed by atoms with Gasteiger partial charge in [-0.25, -0.2) is 9.78 Å². The number of carbonyl (C=O) groups excluding carboxylic acids is 2. The lowest BCUT2D eigenvalue weighted by Crippen LogP contribution is -2.47. The van der Waals surface area contributed by atoms with Gasteiger partial charge in [-0.15, -0.1) is 0 Å². The van der Waals surface area contributed by atoms with Crippen molar-refractivity contribution >= 4 is 33.5 Å². The molecule has 0 amide bonds. The molecule has 2 heterocycles. The lowest BCUT2D eigenvalue weighted by Gasteiger charge is -2.47. The van der Waals surface area contributed by atoms with Crippen LogP contribution in [0, 0.1) is 5.41 Å². The number of hydrogen-bond donors (Lipinski definition) is 0. The van der Waals surface area contributed by atoms with Gasteiger partial charge in [-0.2, -0.15) is 0 Å². The Bertz CT molecular complexity index is 585. The molecule has 1 spiro atoms. The van der Waals surface area contributed by atoms with E-state index in [4.69, 9.17) is 4.74 Å². The predicted octanol–water partition coefficient (Wildman–Crippen LogP) is 2.58. The standard InChI is InChI=1S/C15H17BrN2O3/c1-21-14(20)11-9-17-13(6-12(11)16)18-4-2-15(3-5-18)7-10(19)8-15/h6,9H,2-5,7-8H2,1H3. The van der Waals surface area contributed by atoms with Gasteiger partial charge in [0.1, 0.15) is 11.6 Å². The molecule has 0 bridgehead atoms. The summed E-state index contributed by atoms with van der Waals surface area (Å²) >= 11 is 3.40. The molecular formula is C15H17BrN2O3. The van der Waals surface area contributed by atoms with E-state index in [1.165, 1.54) is 7.11 Å². The zero-order valence-corrected chi connectivity index (χ0v) is 13.5. The van der Waals surface area contributed by atoms with Gasteiger partial charge in [0.25, 0.3) is 0 Å². The van der Waals surface area contributed by atoms with E-state index < -0.39 is 5.97 Å². The van der Waals surface area contributed by atoms with Crippen LogP contribution < -0.4 is 4.90 Å². The molecule has 21 heavy (non-hydrogen) atoms. The van der Waals surface area contributed by atoms with Crippen LogP contribution in [0.15, 0.2) is 16.7 Å². The first-order chi connectivity index (χ1) is 10.0. The minimum atomic E-state index is -0.397. The average Bonchev–Trinajstić information content (AvgIpc) is 2.46. The first-order valence-electron chi connectivity index (χ1n) is 7.03. The van der Waals surface area contributed by atoms with E-state index in [0.717, 1.165) is 44.6 Å². The highest BCUT2D eigenvalue weighted by Crippen LogP contribution is 2.47. The van der Waals surface area contributed by atoms with Crippen LogP contribution in [0.3, 0.4) is 0 Å². The van der Waals surface area contributed by atoms with Gasteiger partial charge in [0, 0.05) is 36.6 Å². The third kappa shape index (κ3) is 2.69. The average molecular weight is 353 g/mol. The van der Waals surface area contributed by atoms with Crippen LogP contribution in [0.5, 0.6) is 0 Å². The molecule has 1 aromatic rings. The molecule has 0 atom stereocenters. The number of anilines is 1. The number of aromatic nitrogens is 1. The third-order valence-electron chi connectivity index (χ3n) is 4.54. The van der Waals surface area contributed by atoms with E-state index in [1.807, 2.05) is 6.07 Å². The van der Waals surface area contributed by atoms with Gasteiger partial charge in [-0.1, -0.05) is 0 Å². The fourth-order valence-corrected chi connectivity index (χ4v) is 3.67. The predicted molar refractivity (Wildman–Crippen MR) is 81.4 cm³/mol. The summed E-state index contributed by atoms with van der Waals surface area (Å²) in [7, 11) is 1.35. The zero-order chi connectivity index (χ0) is 15.0. The Hall–Kier alpha value is -1.43. The normalized spacial score (nSPS) is 20.3. The lowest BCUT2D eigenvalue weighted by atomic mass is 9.62. The number of ether oxygens (including phenoxy) is 1. The van der Waals surface area contributed by atoms with Crippen molar-refractivity contribution in [2.75, 3.05) is 25.1 Å². The van der Waals surface area contributed by atoms with E-state index in [0.29, 0.717) is 15.8 Å². The first-order valence-corrected chi connectivity index (χ1v) is 7.83. The summed E-state index contributed by atoms with van der Waals surface area (Å²) < 4.78 is 5.40. The van der Waals surface area contributed by atoms with Crippen molar-refractivity contribution in [3.8, 4) is 0 Å². The van der Waals surface area contributed by atoms with Crippen molar-refractivity contribution in [1.82, 2.24) is 4.98 Å². The number of piperidine rings is 1. The number of methoxy groups -OCH3 is 1. The number of nitrogens with zero attached hydrogens (tertiary/aromatic N) is 2. The van der Waals surface area contributed by atoms with Crippen molar-refractivity contribution < 1.29 is 14.3 Å². The number of esters is 1. The fourth-order valence-electron chi connectivity index (χ4n) is 3.20. The maximum atomic E-state index is 11.5. The van der Waals surface area contributed by atoms with E-state index in [1.54, 1.807) is 6.20 Å². The largest absolute Gasteiger partial charge is 0.465 e. The molecule has 5 nitrogen and oxygen atoms in total. The lowest BCUT2D eigenvalue weighted by molar-refractivity contribution is -0.133. The molecule has 1 aromatic heterocycles. The molecule has 2 aliphatic rings. The van der Waals surface area contributed by atoms with Gasteiger partial charge in [-0.05, 0) is 40.3 Å². The van der Waals surface area contributed by atoms with Gasteiger partial charge in [-0.3, -0.25) is 4.79 Å². The molecule has 112 valence electrons. The van der Waals surface area contributed by atoms with Crippen molar-refractivity contribution in [2.24, 2.45) is 5.41 Å². The van der Waals surface area contributed by atoms with Crippen LogP contribution in [-0.2, 0) is 9.53 Å². The Labute approximate surface area is 131 Å². The highest BCUT2D eigenvalue weighted by molar-refractivity contribution is 9.10. The van der Waals surface area contributed by atoms with Crippen LogP contribution in [0.2, 0.25) is 0 Å². The van der Waals surface area contributed by atoms with Gasteiger partial charge in [0.2, 0.25) is 0 Å². The Balaban J connectivity index is 1.70. The van der Waals surface area contributed by atoms with Crippen molar-refractivity contribution in [2.45, 2.75) is 25.7 Å². The summed E-state index contributed by atoms with van der Waals surface area (Å²) in [5.74, 6) is 0.855. The number of Topliss-reactive ketones (excluding diaryl/α,β-unsaturated/α-hetero) is 1. The molecule has 0 N–H and O–H groups in total. The Morgan fingerprint density at radius 2 is 2.05 bits per heavy atom. The minimum Gasteiger partial charge on any atom is -0.465 e. The minimum absolute atomic E-state index is 0.261. The highest BCUT2D eigenvalue weighted by atomic mass is 79.9. The molecule has 0 unspecified atom stereocenters. The number of hydrogen-bond acceptors (Lipinski definition) is 5. The molecule has 1 aliphatic carbocycles. The molecule has 2 fully saturated rings. The van der Waals surface area contributed by atoms with Crippen LogP contribution in [0.1, 0.15) is 36.0 Å². The van der Waals surface area contributed by atoms with Crippen molar-refractivity contribution in [3.05, 3.63) is 22.3 Å². The quantitative estimate of drug-likeness (QED) is 0.765. The summed E-state index contributed by atoms with van der Waals surface area (Å²) in [5.41, 5.74) is 0.691. The van der Waals surface area contributed by atoms with Gasteiger partial charge < -0.3 is 9.64 Å². The first kappa shape index (κ1) is 14.5. The number of halogens is 1. The maximum Gasteiger partial charge on any atom is 0.340 e. The summed E-state index contributed by atoms with van der Waals surface area (Å²) in [6.45, 7) is 1.81. The summed E-state index contributed by atoms with van der Waals surface area (Å²) in [4.78, 5) is 29.3. The van der Waals surface area contributed by atoms with E-state index in [-0.39, 0.29) is 5.41 Å². The molecule has 1 saturated carbocycles. The number of rotatable bonds is 2. The van der Waals surface area contributed by atoms with Gasteiger partial charge in [0.05, 0.1) is 12.7 Å². The van der Waals surface area contributed by atoms with E-state index in [9.17, 15) is 9.59 Å². The third-order valence-corrected chi connectivity index (χ3v) is 5.19. The molecule has 1 saturated heterocycles. The van der Waals surface area contributed by atoms with E-state index in [2.05, 4.69) is 25.8 Å². The maximum absolute atomic E-state index is 11.5. The fraction of sp³-hybridized carbons (Fsp3) is 0.533. The van der Waals surface area contributed by atoms with Crippen LogP contribution in [0.4, 0.5) is 5.82 Å². The van der Waals surface area contributed by atoms with Crippen molar-refractivity contribution in [1.29, 1.82) is 0 Å². The highest BCUT2D eigenvalue weighted by Gasteiger charge is 2.45. The van der Waals surface area contributed by atoms with Crippen molar-refractivity contribution in [3.63, 3.8) is 0 Å². The molecule has 3 rings (SSSR count). The zero-order valence-electron chi connectivity index (χ0n) is 11.9. The van der Waals surface area contributed by atoms with Gasteiger partial charge in [0.15, 0.2) is 0 Å². The molecule has 6 heteroatoms. The summed E-state index contributed by atoms with van der Waals surface area (Å²) in [5, 5.41) is 0. The van der Waals surface area contributed by atoms with Crippen LogP contribution in [0.25, 0.3) is 0 Å². The van der Waals surface area contributed by atoms with E-state index >= 15 is 0 Å². The summed E-state index contributed by atoms with van der Waals surface area (Å²) in [6, 6.07) is 1.86. The number of pyridine rings is 1. The van der Waals surface area contributed by atoms with Gasteiger partial charge >= 0.3 is 5.97 Å². The summed E-state index contributed by atoms with van der Waals surface area (Å²) in [6.07, 6.45) is 5.12. The Morgan fingerprint density at radius 1 is 1.38 bits per heavy atom. The Kier molecular flexibility index (Phi) is 3.73. The second kappa shape index (κ2) is 5.40. The number of ketones is 1. The molecule has 1 aliphatic heterocycles. The second-order valence-electron chi connectivity index (χ2n) is 5.89. The number of carbonyl (C=O) groups is 2. The Morgan fingerprint density at radius 3 is 2.57 bits per heavy atom. The van der Waals surface area contributed by atoms with Crippen LogP contribution in [-0.4, -0.2) is 36.9 Å². The topological polar surface area (TPSA) is 59.5 Å². The smallest absolute Gasteiger partial charge is 0.340 e. The molecular weight excluding hydrogens is 336 g/mol. The monoisotopic (exact) mass is 352 g/mol.